The number of amides is 1. The first-order valence-corrected chi connectivity index (χ1v) is 8.76. The van der Waals surface area contributed by atoms with Crippen molar-refractivity contribution in [3.8, 4) is 5.75 Å². The molecule has 23 heavy (non-hydrogen) atoms. The molecule has 0 fully saturated rings. The van der Waals surface area contributed by atoms with E-state index in [2.05, 4.69) is 22.0 Å². The number of hydrogen-bond acceptors (Lipinski definition) is 2. The molecule has 3 nitrogen and oxygen atoms in total. The second-order valence-corrected chi connectivity index (χ2v) is 6.50. The summed E-state index contributed by atoms with van der Waals surface area (Å²) >= 11 is 3.52. The Kier molecular flexibility index (Phi) is 4.71. The molecular weight excluding hydrogens is 354 g/mol. The van der Waals surface area contributed by atoms with Crippen molar-refractivity contribution >= 4 is 27.5 Å². The smallest absolute Gasteiger partial charge is 0.234 e. The summed E-state index contributed by atoms with van der Waals surface area (Å²) in [6, 6.07) is 14.1. The van der Waals surface area contributed by atoms with Crippen molar-refractivity contribution in [2.24, 2.45) is 0 Å². The van der Waals surface area contributed by atoms with Crippen molar-refractivity contribution in [2.75, 3.05) is 18.1 Å². The van der Waals surface area contributed by atoms with Crippen LogP contribution in [0.2, 0.25) is 0 Å². The van der Waals surface area contributed by atoms with Gasteiger partial charge in [-0.2, -0.15) is 0 Å². The molecule has 1 aliphatic heterocycles. The SMILES string of the molecule is CCOc1ccccc1C[C@H]1C(=O)N(CC)c2ccc(Br)cc21. The molecule has 4 heteroatoms. The Balaban J connectivity index is 1.98. The average Bonchev–Trinajstić information content (AvgIpc) is 2.81. The third-order valence-electron chi connectivity index (χ3n) is 4.23. The predicted octanol–water partition coefficient (Wildman–Crippen LogP) is 4.54. The van der Waals surface area contributed by atoms with Crippen LogP contribution < -0.4 is 9.64 Å². The third kappa shape index (κ3) is 3.00. The summed E-state index contributed by atoms with van der Waals surface area (Å²) in [5, 5.41) is 0. The third-order valence-corrected chi connectivity index (χ3v) is 4.73. The van der Waals surface area contributed by atoms with Gasteiger partial charge in [-0.25, -0.2) is 0 Å². The quantitative estimate of drug-likeness (QED) is 0.769. The van der Waals surface area contributed by atoms with Crippen LogP contribution in [-0.4, -0.2) is 19.1 Å². The van der Waals surface area contributed by atoms with Gasteiger partial charge in [0.15, 0.2) is 0 Å². The summed E-state index contributed by atoms with van der Waals surface area (Å²) in [4.78, 5) is 14.7. The van der Waals surface area contributed by atoms with Crippen LogP contribution in [0.15, 0.2) is 46.9 Å². The molecule has 2 aromatic rings. The molecule has 1 atom stereocenters. The Morgan fingerprint density at radius 1 is 1.17 bits per heavy atom. The number of likely N-dealkylation sites (N-methyl/N-ethyl adjacent to an activating group) is 1. The number of carbonyl (C=O) groups is 1. The number of hydrogen-bond donors (Lipinski definition) is 0. The number of benzene rings is 2. The van der Waals surface area contributed by atoms with E-state index in [0.717, 1.165) is 27.0 Å². The summed E-state index contributed by atoms with van der Waals surface area (Å²) in [5.41, 5.74) is 3.20. The highest BCUT2D eigenvalue weighted by Gasteiger charge is 2.36. The molecule has 0 N–H and O–H groups in total. The van der Waals surface area contributed by atoms with Crippen LogP contribution in [0.1, 0.15) is 30.9 Å². The van der Waals surface area contributed by atoms with Gasteiger partial charge in [0.05, 0.1) is 12.5 Å². The molecule has 1 amide bonds. The van der Waals surface area contributed by atoms with Crippen LogP contribution in [0.5, 0.6) is 5.75 Å². The lowest BCUT2D eigenvalue weighted by Gasteiger charge is -2.16. The van der Waals surface area contributed by atoms with Gasteiger partial charge in [0.2, 0.25) is 5.91 Å². The molecule has 0 spiro atoms. The van der Waals surface area contributed by atoms with Crippen LogP contribution in [0, 0.1) is 0 Å². The zero-order valence-electron chi connectivity index (χ0n) is 13.4. The van der Waals surface area contributed by atoms with Gasteiger partial charge in [-0.3, -0.25) is 4.79 Å². The zero-order chi connectivity index (χ0) is 16.4. The molecule has 2 aromatic carbocycles. The number of carbonyl (C=O) groups excluding carboxylic acids is 1. The second-order valence-electron chi connectivity index (χ2n) is 5.58. The van der Waals surface area contributed by atoms with Crippen molar-refractivity contribution in [1.29, 1.82) is 0 Å². The van der Waals surface area contributed by atoms with E-state index >= 15 is 0 Å². The molecule has 1 heterocycles. The van der Waals surface area contributed by atoms with E-state index in [1.54, 1.807) is 0 Å². The number of fused-ring (bicyclic) bond motifs is 1. The lowest BCUT2D eigenvalue weighted by Crippen LogP contribution is -2.29. The molecule has 120 valence electrons. The van der Waals surface area contributed by atoms with Gasteiger partial charge < -0.3 is 9.64 Å². The van der Waals surface area contributed by atoms with Gasteiger partial charge in [0.25, 0.3) is 0 Å². The molecule has 0 saturated carbocycles. The van der Waals surface area contributed by atoms with E-state index < -0.39 is 0 Å². The Labute approximate surface area is 145 Å². The fourth-order valence-corrected chi connectivity index (χ4v) is 3.58. The summed E-state index contributed by atoms with van der Waals surface area (Å²) in [5.74, 6) is 0.894. The van der Waals surface area contributed by atoms with E-state index in [1.807, 2.05) is 55.1 Å². The Hall–Kier alpha value is -1.81. The normalized spacial score (nSPS) is 16.6. The molecule has 3 rings (SSSR count). The standard InChI is InChI=1S/C19H20BrNO2/c1-3-21-17-10-9-14(20)12-15(17)16(19(21)22)11-13-7-5-6-8-18(13)23-4-2/h5-10,12,16H,3-4,11H2,1-2H3/t16-/m1/s1. The topological polar surface area (TPSA) is 29.5 Å². The molecule has 0 aliphatic carbocycles. The number of para-hydroxylation sites is 1. The van der Waals surface area contributed by atoms with E-state index in [-0.39, 0.29) is 11.8 Å². The summed E-state index contributed by atoms with van der Waals surface area (Å²) in [6.45, 7) is 5.30. The number of anilines is 1. The van der Waals surface area contributed by atoms with E-state index in [1.165, 1.54) is 0 Å². The summed E-state index contributed by atoms with van der Waals surface area (Å²) in [6.07, 6.45) is 0.662. The Bertz CT molecular complexity index is 729. The van der Waals surface area contributed by atoms with Crippen molar-refractivity contribution in [1.82, 2.24) is 0 Å². The monoisotopic (exact) mass is 373 g/mol. The lowest BCUT2D eigenvalue weighted by atomic mass is 9.93. The highest BCUT2D eigenvalue weighted by atomic mass is 79.9. The fourth-order valence-electron chi connectivity index (χ4n) is 3.20. The first-order chi connectivity index (χ1) is 11.2. The molecule has 0 bridgehead atoms. The number of rotatable bonds is 5. The van der Waals surface area contributed by atoms with Crippen molar-refractivity contribution in [3.05, 3.63) is 58.1 Å². The molecule has 0 aromatic heterocycles. The van der Waals surface area contributed by atoms with Crippen LogP contribution in [0.4, 0.5) is 5.69 Å². The van der Waals surface area contributed by atoms with Gasteiger partial charge in [-0.15, -0.1) is 0 Å². The minimum Gasteiger partial charge on any atom is -0.494 e. The van der Waals surface area contributed by atoms with E-state index in [0.29, 0.717) is 19.6 Å². The maximum atomic E-state index is 12.8. The van der Waals surface area contributed by atoms with Gasteiger partial charge in [-0.05, 0) is 55.7 Å². The highest BCUT2D eigenvalue weighted by Crippen LogP contribution is 2.41. The first-order valence-electron chi connectivity index (χ1n) is 7.97. The largest absolute Gasteiger partial charge is 0.494 e. The van der Waals surface area contributed by atoms with E-state index in [9.17, 15) is 4.79 Å². The summed E-state index contributed by atoms with van der Waals surface area (Å²) in [7, 11) is 0. The van der Waals surface area contributed by atoms with Crippen LogP contribution >= 0.6 is 15.9 Å². The van der Waals surface area contributed by atoms with Crippen LogP contribution in [0.25, 0.3) is 0 Å². The number of ether oxygens (including phenoxy) is 1. The van der Waals surface area contributed by atoms with E-state index in [4.69, 9.17) is 4.74 Å². The second kappa shape index (κ2) is 6.75. The molecule has 0 unspecified atom stereocenters. The molecule has 0 radical (unpaired) electrons. The number of nitrogens with zero attached hydrogens (tertiary/aromatic N) is 1. The predicted molar refractivity (Wildman–Crippen MR) is 96.2 cm³/mol. The minimum atomic E-state index is -0.149. The Morgan fingerprint density at radius 2 is 1.96 bits per heavy atom. The maximum absolute atomic E-state index is 12.8. The van der Waals surface area contributed by atoms with Crippen molar-refractivity contribution < 1.29 is 9.53 Å². The molecule has 0 saturated heterocycles. The highest BCUT2D eigenvalue weighted by molar-refractivity contribution is 9.10. The van der Waals surface area contributed by atoms with Gasteiger partial charge in [0.1, 0.15) is 5.75 Å². The van der Waals surface area contributed by atoms with Crippen LogP contribution in [0.3, 0.4) is 0 Å². The first kappa shape index (κ1) is 16.1. The number of halogens is 1. The molecular formula is C19H20BrNO2. The zero-order valence-corrected chi connectivity index (χ0v) is 15.0. The minimum absolute atomic E-state index is 0.149. The van der Waals surface area contributed by atoms with Gasteiger partial charge >= 0.3 is 0 Å². The molecule has 1 aliphatic rings. The fraction of sp³-hybridized carbons (Fsp3) is 0.316. The van der Waals surface area contributed by atoms with Gasteiger partial charge in [-0.1, -0.05) is 34.1 Å². The van der Waals surface area contributed by atoms with Crippen LogP contribution in [-0.2, 0) is 11.2 Å². The summed E-state index contributed by atoms with van der Waals surface area (Å²) < 4.78 is 6.72. The maximum Gasteiger partial charge on any atom is 0.234 e. The van der Waals surface area contributed by atoms with Crippen molar-refractivity contribution in [2.45, 2.75) is 26.2 Å². The Morgan fingerprint density at radius 3 is 2.70 bits per heavy atom. The van der Waals surface area contributed by atoms with Crippen molar-refractivity contribution in [3.63, 3.8) is 0 Å². The average molecular weight is 374 g/mol. The lowest BCUT2D eigenvalue weighted by molar-refractivity contribution is -0.119. The van der Waals surface area contributed by atoms with Gasteiger partial charge in [0, 0.05) is 16.7 Å².